The quantitative estimate of drug-likeness (QED) is 0.842. The van der Waals surface area contributed by atoms with Gasteiger partial charge in [-0.2, -0.15) is 0 Å². The fraction of sp³-hybridized carbons (Fsp3) is 0.533. The van der Waals surface area contributed by atoms with E-state index in [0.717, 1.165) is 16.9 Å². The molecule has 1 rings (SSSR count). The highest BCUT2D eigenvalue weighted by atomic mass is 16.5. The number of hydrogen-bond donors (Lipinski definition) is 0. The van der Waals surface area contributed by atoms with E-state index in [2.05, 4.69) is 31.6 Å². The van der Waals surface area contributed by atoms with E-state index < -0.39 is 0 Å². The fourth-order valence-electron chi connectivity index (χ4n) is 1.93. The second-order valence-corrected chi connectivity index (χ2v) is 5.61. The van der Waals surface area contributed by atoms with Gasteiger partial charge in [0.25, 0.3) is 0 Å². The van der Waals surface area contributed by atoms with E-state index in [1.54, 1.807) is 14.2 Å². The average Bonchev–Trinajstić information content (AvgIpc) is 2.36. The van der Waals surface area contributed by atoms with Crippen molar-refractivity contribution >= 4 is 6.09 Å². The Morgan fingerprint density at radius 2 is 1.89 bits per heavy atom. The molecule has 106 valence electrons. The van der Waals surface area contributed by atoms with Gasteiger partial charge in [0.1, 0.15) is 5.75 Å². The smallest absolute Gasteiger partial charge is 0.409 e. The molecule has 0 fully saturated rings. The Morgan fingerprint density at radius 3 is 2.37 bits per heavy atom. The first-order valence-electron chi connectivity index (χ1n) is 6.26. The molecule has 0 unspecified atom stereocenters. The maximum Gasteiger partial charge on any atom is 0.409 e. The monoisotopic (exact) mass is 265 g/mol. The van der Waals surface area contributed by atoms with Crippen molar-refractivity contribution in [2.45, 2.75) is 32.7 Å². The van der Waals surface area contributed by atoms with Crippen molar-refractivity contribution in [1.29, 1.82) is 0 Å². The average molecular weight is 265 g/mol. The number of methoxy groups -OCH3 is 2. The number of rotatable bonds is 3. The Kier molecular flexibility index (Phi) is 4.81. The van der Waals surface area contributed by atoms with E-state index >= 15 is 0 Å². The topological polar surface area (TPSA) is 38.8 Å². The molecule has 4 heteroatoms. The normalized spacial score (nSPS) is 11.1. The lowest BCUT2D eigenvalue weighted by Gasteiger charge is -2.24. The molecule has 0 atom stereocenters. The van der Waals surface area contributed by atoms with Crippen LogP contribution in [-0.4, -0.2) is 32.3 Å². The minimum absolute atomic E-state index is 0.00874. The van der Waals surface area contributed by atoms with E-state index in [0.29, 0.717) is 6.54 Å². The van der Waals surface area contributed by atoms with Gasteiger partial charge in [0.05, 0.1) is 14.2 Å². The molecule has 0 bridgehead atoms. The summed E-state index contributed by atoms with van der Waals surface area (Å²) in [6, 6.07) is 5.99. The minimum atomic E-state index is -0.340. The van der Waals surface area contributed by atoms with Gasteiger partial charge in [-0.1, -0.05) is 26.8 Å². The van der Waals surface area contributed by atoms with Gasteiger partial charge in [-0.3, -0.25) is 0 Å². The summed E-state index contributed by atoms with van der Waals surface area (Å²) < 4.78 is 10.1. The van der Waals surface area contributed by atoms with Gasteiger partial charge < -0.3 is 14.4 Å². The first kappa shape index (κ1) is 15.3. The van der Waals surface area contributed by atoms with E-state index in [-0.39, 0.29) is 11.5 Å². The molecule has 0 aliphatic heterocycles. The molecule has 0 heterocycles. The Hall–Kier alpha value is -1.71. The number of carbonyl (C=O) groups is 1. The van der Waals surface area contributed by atoms with Crippen LogP contribution in [0.4, 0.5) is 4.79 Å². The molecule has 0 aliphatic carbocycles. The molecule has 1 aromatic carbocycles. The van der Waals surface area contributed by atoms with Crippen molar-refractivity contribution in [3.05, 3.63) is 29.3 Å². The van der Waals surface area contributed by atoms with Crippen molar-refractivity contribution < 1.29 is 14.3 Å². The van der Waals surface area contributed by atoms with Crippen molar-refractivity contribution in [3.8, 4) is 5.75 Å². The second kappa shape index (κ2) is 5.95. The van der Waals surface area contributed by atoms with E-state index in [1.807, 2.05) is 12.1 Å². The number of nitrogens with zero attached hydrogens (tertiary/aromatic N) is 1. The van der Waals surface area contributed by atoms with Crippen LogP contribution in [0.3, 0.4) is 0 Å². The van der Waals surface area contributed by atoms with Crippen LogP contribution in [0.25, 0.3) is 0 Å². The summed E-state index contributed by atoms with van der Waals surface area (Å²) >= 11 is 0. The van der Waals surface area contributed by atoms with Gasteiger partial charge in [0.2, 0.25) is 0 Å². The zero-order valence-electron chi connectivity index (χ0n) is 12.6. The molecule has 1 aromatic rings. The van der Waals surface area contributed by atoms with Gasteiger partial charge in [-0.25, -0.2) is 4.79 Å². The number of hydrogen-bond acceptors (Lipinski definition) is 3. The molecule has 0 aromatic heterocycles. The number of ether oxygens (including phenoxy) is 2. The van der Waals surface area contributed by atoms with Crippen LogP contribution in [0.15, 0.2) is 18.2 Å². The highest BCUT2D eigenvalue weighted by Crippen LogP contribution is 2.32. The maximum atomic E-state index is 11.4. The van der Waals surface area contributed by atoms with Gasteiger partial charge in [-0.15, -0.1) is 0 Å². The number of amides is 1. The zero-order valence-corrected chi connectivity index (χ0v) is 12.6. The fourth-order valence-corrected chi connectivity index (χ4v) is 1.93. The van der Waals surface area contributed by atoms with Gasteiger partial charge in [0, 0.05) is 13.6 Å². The molecule has 4 nitrogen and oxygen atoms in total. The summed E-state index contributed by atoms with van der Waals surface area (Å²) in [4.78, 5) is 12.9. The summed E-state index contributed by atoms with van der Waals surface area (Å²) in [5, 5.41) is 0. The molecule has 0 aliphatic rings. The molecule has 19 heavy (non-hydrogen) atoms. The van der Waals surface area contributed by atoms with E-state index in [4.69, 9.17) is 4.74 Å². The van der Waals surface area contributed by atoms with Crippen LogP contribution in [0.1, 0.15) is 31.9 Å². The Balaban J connectivity index is 3.02. The molecule has 0 saturated carbocycles. The molecule has 0 N–H and O–H groups in total. The first-order valence-corrected chi connectivity index (χ1v) is 6.26. The SMILES string of the molecule is COC(=O)N(C)Cc1ccc(OC)c(C(C)(C)C)c1. The highest BCUT2D eigenvalue weighted by Gasteiger charge is 2.20. The molecule has 0 spiro atoms. The van der Waals surface area contributed by atoms with Crippen molar-refractivity contribution in [2.24, 2.45) is 0 Å². The van der Waals surface area contributed by atoms with Crippen molar-refractivity contribution in [2.75, 3.05) is 21.3 Å². The standard InChI is InChI=1S/C15H23NO3/c1-15(2,3)12-9-11(7-8-13(12)18-5)10-16(4)14(17)19-6/h7-9H,10H2,1-6H3. The highest BCUT2D eigenvalue weighted by molar-refractivity contribution is 5.67. The Morgan fingerprint density at radius 1 is 1.26 bits per heavy atom. The third kappa shape index (κ3) is 3.88. The van der Waals surface area contributed by atoms with Crippen molar-refractivity contribution in [3.63, 3.8) is 0 Å². The van der Waals surface area contributed by atoms with Crippen LogP contribution in [-0.2, 0) is 16.7 Å². The summed E-state index contributed by atoms with van der Waals surface area (Å²) in [5.74, 6) is 0.872. The molecule has 0 saturated heterocycles. The first-order chi connectivity index (χ1) is 8.79. The number of benzene rings is 1. The minimum Gasteiger partial charge on any atom is -0.496 e. The second-order valence-electron chi connectivity index (χ2n) is 5.61. The Labute approximate surface area is 115 Å². The van der Waals surface area contributed by atoms with E-state index in [9.17, 15) is 4.79 Å². The molecule has 1 amide bonds. The summed E-state index contributed by atoms with van der Waals surface area (Å²) in [5.41, 5.74) is 2.18. The third-order valence-electron chi connectivity index (χ3n) is 2.98. The van der Waals surface area contributed by atoms with Gasteiger partial charge in [-0.05, 0) is 28.7 Å². The predicted octanol–water partition coefficient (Wildman–Crippen LogP) is 3.19. The van der Waals surface area contributed by atoms with Crippen LogP contribution in [0, 0.1) is 0 Å². The predicted molar refractivity (Wildman–Crippen MR) is 75.6 cm³/mol. The van der Waals surface area contributed by atoms with Crippen LogP contribution in [0.2, 0.25) is 0 Å². The summed E-state index contributed by atoms with van der Waals surface area (Å²) in [6.45, 7) is 6.93. The van der Waals surface area contributed by atoms with Crippen LogP contribution in [0.5, 0.6) is 5.75 Å². The Bertz CT molecular complexity index is 449. The zero-order chi connectivity index (χ0) is 14.6. The lowest BCUT2D eigenvalue weighted by molar-refractivity contribution is 0.131. The van der Waals surface area contributed by atoms with Gasteiger partial charge in [0.15, 0.2) is 0 Å². The lowest BCUT2D eigenvalue weighted by Crippen LogP contribution is -2.26. The third-order valence-corrected chi connectivity index (χ3v) is 2.98. The van der Waals surface area contributed by atoms with Crippen LogP contribution < -0.4 is 4.74 Å². The lowest BCUT2D eigenvalue weighted by atomic mass is 9.85. The van der Waals surface area contributed by atoms with Crippen molar-refractivity contribution in [1.82, 2.24) is 4.90 Å². The summed E-state index contributed by atoms with van der Waals surface area (Å²) in [7, 11) is 4.77. The molecule has 0 radical (unpaired) electrons. The molecular weight excluding hydrogens is 242 g/mol. The van der Waals surface area contributed by atoms with Gasteiger partial charge >= 0.3 is 6.09 Å². The van der Waals surface area contributed by atoms with Crippen LogP contribution >= 0.6 is 0 Å². The maximum absolute atomic E-state index is 11.4. The summed E-state index contributed by atoms with van der Waals surface area (Å²) in [6.07, 6.45) is -0.340. The largest absolute Gasteiger partial charge is 0.496 e. The molecular formula is C15H23NO3. The van der Waals surface area contributed by atoms with E-state index in [1.165, 1.54) is 12.0 Å². The number of carbonyl (C=O) groups excluding carboxylic acids is 1.